The van der Waals surface area contributed by atoms with E-state index < -0.39 is 0 Å². The van der Waals surface area contributed by atoms with E-state index in [-0.39, 0.29) is 5.91 Å². The van der Waals surface area contributed by atoms with Crippen molar-refractivity contribution in [2.75, 3.05) is 12.3 Å². The minimum absolute atomic E-state index is 0.168. The van der Waals surface area contributed by atoms with Crippen molar-refractivity contribution in [3.05, 3.63) is 0 Å². The summed E-state index contributed by atoms with van der Waals surface area (Å²) in [6.07, 6.45) is 3.67. The zero-order chi connectivity index (χ0) is 12.8. The van der Waals surface area contributed by atoms with E-state index in [0.717, 1.165) is 12.3 Å². The summed E-state index contributed by atoms with van der Waals surface area (Å²) in [4.78, 5) is 11.8. The van der Waals surface area contributed by atoms with Crippen LogP contribution in [-0.4, -0.2) is 29.5 Å². The number of nitrogens with one attached hydrogen (secondary N) is 1. The van der Waals surface area contributed by atoms with Crippen LogP contribution >= 0.6 is 11.8 Å². The molecule has 0 aliphatic heterocycles. The quantitative estimate of drug-likeness (QED) is 0.793. The molecule has 4 heteroatoms. The molecule has 17 heavy (non-hydrogen) atoms. The molecule has 4 unspecified atom stereocenters. The molecule has 3 nitrogen and oxygen atoms in total. The fourth-order valence-corrected chi connectivity index (χ4v) is 2.98. The van der Waals surface area contributed by atoms with Crippen LogP contribution < -0.4 is 11.1 Å². The van der Waals surface area contributed by atoms with Gasteiger partial charge in [-0.2, -0.15) is 0 Å². The zero-order valence-corrected chi connectivity index (χ0v) is 12.1. The molecule has 1 amide bonds. The average Bonchev–Trinajstić information content (AvgIpc) is 2.32. The van der Waals surface area contributed by atoms with Crippen molar-refractivity contribution in [1.82, 2.24) is 5.32 Å². The van der Waals surface area contributed by atoms with Crippen molar-refractivity contribution in [1.29, 1.82) is 0 Å². The van der Waals surface area contributed by atoms with Crippen molar-refractivity contribution in [3.8, 4) is 0 Å². The van der Waals surface area contributed by atoms with Crippen LogP contribution in [0.15, 0.2) is 0 Å². The topological polar surface area (TPSA) is 55.1 Å². The normalized spacial score (nSPS) is 30.9. The molecule has 1 saturated carbocycles. The predicted octanol–water partition coefficient (Wildman–Crippen LogP) is 2.01. The summed E-state index contributed by atoms with van der Waals surface area (Å²) >= 11 is 1.64. The van der Waals surface area contributed by atoms with E-state index in [2.05, 4.69) is 26.1 Å². The average molecular weight is 258 g/mol. The van der Waals surface area contributed by atoms with Crippen molar-refractivity contribution in [2.45, 2.75) is 51.3 Å². The van der Waals surface area contributed by atoms with Gasteiger partial charge in [0.05, 0.1) is 5.75 Å². The number of rotatable bonds is 5. The summed E-state index contributed by atoms with van der Waals surface area (Å²) in [5.41, 5.74) is 5.53. The van der Waals surface area contributed by atoms with Crippen LogP contribution in [0.5, 0.6) is 0 Å². The van der Waals surface area contributed by atoms with E-state index in [1.165, 1.54) is 12.8 Å². The Bertz CT molecular complexity index is 248. The van der Waals surface area contributed by atoms with Crippen molar-refractivity contribution in [2.24, 2.45) is 17.6 Å². The maximum absolute atomic E-state index is 11.8. The molecule has 1 aliphatic rings. The van der Waals surface area contributed by atoms with Crippen LogP contribution in [0.3, 0.4) is 0 Å². The minimum atomic E-state index is 0.168. The zero-order valence-electron chi connectivity index (χ0n) is 11.2. The summed E-state index contributed by atoms with van der Waals surface area (Å²) in [5.74, 6) is 2.03. The van der Waals surface area contributed by atoms with Gasteiger partial charge in [0.1, 0.15) is 0 Å². The van der Waals surface area contributed by atoms with E-state index in [4.69, 9.17) is 5.73 Å². The molecule has 0 saturated heterocycles. The fraction of sp³-hybridized carbons (Fsp3) is 0.923. The lowest BCUT2D eigenvalue weighted by Gasteiger charge is -2.34. The van der Waals surface area contributed by atoms with Gasteiger partial charge >= 0.3 is 0 Å². The second kappa shape index (κ2) is 7.27. The summed E-state index contributed by atoms with van der Waals surface area (Å²) in [6, 6.07) is 0.375. The Kier molecular flexibility index (Phi) is 6.34. The van der Waals surface area contributed by atoms with Gasteiger partial charge in [-0.3, -0.25) is 4.79 Å². The largest absolute Gasteiger partial charge is 0.352 e. The highest BCUT2D eigenvalue weighted by atomic mass is 32.2. The van der Waals surface area contributed by atoms with Gasteiger partial charge in [0.2, 0.25) is 5.91 Å². The van der Waals surface area contributed by atoms with Gasteiger partial charge in [0.25, 0.3) is 0 Å². The lowest BCUT2D eigenvalue weighted by Crippen LogP contribution is -2.44. The van der Waals surface area contributed by atoms with Gasteiger partial charge < -0.3 is 11.1 Å². The summed E-state index contributed by atoms with van der Waals surface area (Å²) in [7, 11) is 0. The van der Waals surface area contributed by atoms with Gasteiger partial charge in [-0.05, 0) is 18.3 Å². The predicted molar refractivity (Wildman–Crippen MR) is 75.1 cm³/mol. The molecule has 1 aliphatic carbocycles. The third-order valence-electron chi connectivity index (χ3n) is 3.88. The SMILES string of the molecule is CC(CN)SCC(=O)NC1CCCC(C)C1C. The molecule has 0 bridgehead atoms. The maximum atomic E-state index is 11.8. The molecule has 3 N–H and O–H groups in total. The Morgan fingerprint density at radius 2 is 2.18 bits per heavy atom. The van der Waals surface area contributed by atoms with Gasteiger partial charge in [-0.25, -0.2) is 0 Å². The number of hydrogen-bond acceptors (Lipinski definition) is 3. The van der Waals surface area contributed by atoms with Crippen LogP contribution in [0, 0.1) is 11.8 Å². The van der Waals surface area contributed by atoms with Crippen LogP contribution in [-0.2, 0) is 4.79 Å². The standard InChI is InChI=1S/C13H26N2OS/c1-9-5-4-6-12(11(9)3)15-13(16)8-17-10(2)7-14/h9-12H,4-8,14H2,1-3H3,(H,15,16). The molecule has 4 atom stereocenters. The van der Waals surface area contributed by atoms with E-state index >= 15 is 0 Å². The Hall–Kier alpha value is -0.220. The number of amides is 1. The Labute approximate surface area is 109 Å². The van der Waals surface area contributed by atoms with Crippen molar-refractivity contribution < 1.29 is 4.79 Å². The van der Waals surface area contributed by atoms with E-state index in [1.54, 1.807) is 11.8 Å². The first-order chi connectivity index (χ1) is 8.04. The summed E-state index contributed by atoms with van der Waals surface area (Å²) in [5, 5.41) is 3.54. The van der Waals surface area contributed by atoms with E-state index in [1.807, 2.05) is 0 Å². The van der Waals surface area contributed by atoms with Crippen LogP contribution in [0.4, 0.5) is 0 Å². The van der Waals surface area contributed by atoms with E-state index in [0.29, 0.717) is 29.5 Å². The van der Waals surface area contributed by atoms with Gasteiger partial charge in [-0.1, -0.05) is 33.6 Å². The smallest absolute Gasteiger partial charge is 0.230 e. The molecule has 1 fully saturated rings. The highest BCUT2D eigenvalue weighted by molar-refractivity contribution is 8.00. The van der Waals surface area contributed by atoms with Gasteiger partial charge in [0, 0.05) is 17.8 Å². The Morgan fingerprint density at radius 3 is 2.82 bits per heavy atom. The summed E-state index contributed by atoms with van der Waals surface area (Å²) < 4.78 is 0. The highest BCUT2D eigenvalue weighted by Crippen LogP contribution is 2.29. The summed E-state index contributed by atoms with van der Waals surface area (Å²) in [6.45, 7) is 7.23. The van der Waals surface area contributed by atoms with Crippen LogP contribution in [0.25, 0.3) is 0 Å². The van der Waals surface area contributed by atoms with Crippen molar-refractivity contribution in [3.63, 3.8) is 0 Å². The molecular formula is C13H26N2OS. The molecule has 0 aromatic carbocycles. The molecule has 0 radical (unpaired) electrons. The number of carbonyl (C=O) groups excluding carboxylic acids is 1. The van der Waals surface area contributed by atoms with Gasteiger partial charge in [0.15, 0.2) is 0 Å². The fourth-order valence-electron chi connectivity index (χ4n) is 2.32. The first-order valence-electron chi connectivity index (χ1n) is 6.65. The molecule has 100 valence electrons. The minimum Gasteiger partial charge on any atom is -0.352 e. The maximum Gasteiger partial charge on any atom is 0.230 e. The van der Waals surface area contributed by atoms with Crippen molar-refractivity contribution >= 4 is 17.7 Å². The highest BCUT2D eigenvalue weighted by Gasteiger charge is 2.27. The molecule has 1 rings (SSSR count). The second-order valence-electron chi connectivity index (χ2n) is 5.30. The number of nitrogens with two attached hydrogens (primary N) is 1. The number of thioether (sulfide) groups is 1. The molecule has 0 heterocycles. The van der Waals surface area contributed by atoms with E-state index in [9.17, 15) is 4.79 Å². The third kappa shape index (κ3) is 4.88. The number of carbonyl (C=O) groups is 1. The second-order valence-corrected chi connectivity index (χ2v) is 6.73. The van der Waals surface area contributed by atoms with Crippen LogP contribution in [0.2, 0.25) is 0 Å². The lowest BCUT2D eigenvalue weighted by atomic mass is 9.78. The first-order valence-corrected chi connectivity index (χ1v) is 7.70. The molecule has 0 aromatic heterocycles. The Balaban J connectivity index is 2.30. The first kappa shape index (κ1) is 14.8. The third-order valence-corrected chi connectivity index (χ3v) is 5.07. The lowest BCUT2D eigenvalue weighted by molar-refractivity contribution is -0.120. The monoisotopic (exact) mass is 258 g/mol. The Morgan fingerprint density at radius 1 is 1.47 bits per heavy atom. The molecule has 0 spiro atoms. The number of hydrogen-bond donors (Lipinski definition) is 2. The molecule has 0 aromatic rings. The molecular weight excluding hydrogens is 232 g/mol. The van der Waals surface area contributed by atoms with Crippen LogP contribution in [0.1, 0.15) is 40.0 Å². The van der Waals surface area contributed by atoms with Gasteiger partial charge in [-0.15, -0.1) is 11.8 Å².